The lowest BCUT2D eigenvalue weighted by Gasteiger charge is -2.26. The lowest BCUT2D eigenvalue weighted by atomic mass is 9.93. The van der Waals surface area contributed by atoms with E-state index >= 15 is 0 Å². The highest BCUT2D eigenvalue weighted by atomic mass is 16.6. The Labute approximate surface area is 120 Å². The molecule has 1 heterocycles. The fourth-order valence-corrected chi connectivity index (χ4v) is 2.94. The van der Waals surface area contributed by atoms with Crippen LogP contribution in [0.1, 0.15) is 31.2 Å². The van der Waals surface area contributed by atoms with Gasteiger partial charge in [-0.25, -0.2) is 0 Å². The van der Waals surface area contributed by atoms with E-state index in [1.54, 1.807) is 0 Å². The molecular formula is C16H23NO3. The number of rotatable bonds is 4. The van der Waals surface area contributed by atoms with Crippen molar-refractivity contribution in [2.45, 2.75) is 44.2 Å². The highest BCUT2D eigenvalue weighted by Gasteiger charge is 2.18. The molecule has 1 aliphatic heterocycles. The molecule has 1 aliphatic carbocycles. The van der Waals surface area contributed by atoms with Gasteiger partial charge in [0.25, 0.3) is 0 Å². The molecule has 110 valence electrons. The second kappa shape index (κ2) is 6.46. The Hall–Kier alpha value is -1.26. The van der Waals surface area contributed by atoms with E-state index in [-0.39, 0.29) is 6.10 Å². The minimum Gasteiger partial charge on any atom is -0.486 e. The zero-order valence-corrected chi connectivity index (χ0v) is 11.8. The van der Waals surface area contributed by atoms with Gasteiger partial charge in [0.05, 0.1) is 6.10 Å². The molecule has 1 aromatic rings. The first-order valence-electron chi connectivity index (χ1n) is 7.61. The van der Waals surface area contributed by atoms with Gasteiger partial charge >= 0.3 is 0 Å². The van der Waals surface area contributed by atoms with E-state index in [4.69, 9.17) is 9.47 Å². The summed E-state index contributed by atoms with van der Waals surface area (Å²) in [5, 5.41) is 13.1. The third kappa shape index (κ3) is 3.44. The quantitative estimate of drug-likeness (QED) is 0.882. The van der Waals surface area contributed by atoms with Gasteiger partial charge in [-0.1, -0.05) is 6.07 Å². The van der Waals surface area contributed by atoms with E-state index in [0.717, 1.165) is 50.1 Å². The van der Waals surface area contributed by atoms with Crippen molar-refractivity contribution in [3.63, 3.8) is 0 Å². The van der Waals surface area contributed by atoms with Crippen LogP contribution >= 0.6 is 0 Å². The average Bonchev–Trinajstić information content (AvgIpc) is 2.49. The third-order valence-electron chi connectivity index (χ3n) is 4.15. The lowest BCUT2D eigenvalue weighted by Crippen LogP contribution is -2.35. The van der Waals surface area contributed by atoms with Gasteiger partial charge in [0.1, 0.15) is 13.2 Å². The molecule has 4 heteroatoms. The fraction of sp³-hybridized carbons (Fsp3) is 0.625. The molecule has 4 nitrogen and oxygen atoms in total. The summed E-state index contributed by atoms with van der Waals surface area (Å²) in [6.07, 6.45) is 4.95. The summed E-state index contributed by atoms with van der Waals surface area (Å²) < 4.78 is 11.1. The fourth-order valence-electron chi connectivity index (χ4n) is 2.94. The number of aliphatic hydroxyl groups excluding tert-OH is 1. The average molecular weight is 277 g/mol. The van der Waals surface area contributed by atoms with Gasteiger partial charge in [-0.15, -0.1) is 0 Å². The van der Waals surface area contributed by atoms with Crippen LogP contribution in [0.15, 0.2) is 18.2 Å². The normalized spacial score (nSPS) is 25.4. The Kier molecular flexibility index (Phi) is 4.43. The van der Waals surface area contributed by atoms with Crippen molar-refractivity contribution < 1.29 is 14.6 Å². The number of hydrogen-bond acceptors (Lipinski definition) is 4. The van der Waals surface area contributed by atoms with Crippen LogP contribution in [0.5, 0.6) is 11.5 Å². The maximum atomic E-state index is 9.49. The molecule has 20 heavy (non-hydrogen) atoms. The minimum absolute atomic E-state index is 0.0779. The van der Waals surface area contributed by atoms with Crippen LogP contribution in [0.4, 0.5) is 0 Å². The summed E-state index contributed by atoms with van der Waals surface area (Å²) >= 11 is 0. The summed E-state index contributed by atoms with van der Waals surface area (Å²) in [5.74, 6) is 1.73. The molecule has 1 fully saturated rings. The van der Waals surface area contributed by atoms with Crippen LogP contribution in [-0.2, 0) is 6.42 Å². The van der Waals surface area contributed by atoms with E-state index in [2.05, 4.69) is 17.4 Å². The van der Waals surface area contributed by atoms with Crippen LogP contribution < -0.4 is 14.8 Å². The molecule has 0 radical (unpaired) electrons. The standard InChI is InChI=1S/C16H23NO3/c18-14-4-2-13(3-5-14)17-8-7-12-1-6-15-16(11-12)20-10-9-19-15/h1,6,11,13-14,17-18H,2-5,7-10H2. The first-order chi connectivity index (χ1) is 9.81. The van der Waals surface area contributed by atoms with Crippen molar-refractivity contribution in [1.82, 2.24) is 5.32 Å². The van der Waals surface area contributed by atoms with Gasteiger partial charge in [-0.3, -0.25) is 0 Å². The molecule has 1 saturated carbocycles. The molecule has 2 aliphatic rings. The first kappa shape index (κ1) is 13.7. The monoisotopic (exact) mass is 277 g/mol. The summed E-state index contributed by atoms with van der Waals surface area (Å²) in [7, 11) is 0. The number of aliphatic hydroxyl groups is 1. The van der Waals surface area contributed by atoms with Crippen LogP contribution in [0, 0.1) is 0 Å². The molecule has 0 bridgehead atoms. The van der Waals surface area contributed by atoms with Gasteiger partial charge in [-0.05, 0) is 56.3 Å². The van der Waals surface area contributed by atoms with Crippen molar-refractivity contribution in [2.24, 2.45) is 0 Å². The number of ether oxygens (including phenoxy) is 2. The Morgan fingerprint density at radius 1 is 1.05 bits per heavy atom. The lowest BCUT2D eigenvalue weighted by molar-refractivity contribution is 0.117. The van der Waals surface area contributed by atoms with Crippen molar-refractivity contribution in [1.29, 1.82) is 0 Å². The summed E-state index contributed by atoms with van der Waals surface area (Å²) in [4.78, 5) is 0. The minimum atomic E-state index is -0.0779. The zero-order valence-electron chi connectivity index (χ0n) is 11.8. The van der Waals surface area contributed by atoms with Gasteiger partial charge in [0.15, 0.2) is 11.5 Å². The Bertz CT molecular complexity index is 441. The van der Waals surface area contributed by atoms with Crippen LogP contribution in [-0.4, -0.2) is 37.0 Å². The molecule has 3 rings (SSSR count). The molecular weight excluding hydrogens is 254 g/mol. The van der Waals surface area contributed by atoms with E-state index < -0.39 is 0 Å². The predicted molar refractivity (Wildman–Crippen MR) is 77.4 cm³/mol. The molecule has 0 atom stereocenters. The van der Waals surface area contributed by atoms with Gasteiger partial charge < -0.3 is 19.9 Å². The second-order valence-corrected chi connectivity index (χ2v) is 5.69. The number of benzene rings is 1. The van der Waals surface area contributed by atoms with Crippen molar-refractivity contribution >= 4 is 0 Å². The Balaban J connectivity index is 1.46. The van der Waals surface area contributed by atoms with Crippen molar-refractivity contribution in [3.8, 4) is 11.5 Å². The smallest absolute Gasteiger partial charge is 0.161 e. The molecule has 0 amide bonds. The maximum absolute atomic E-state index is 9.49. The second-order valence-electron chi connectivity index (χ2n) is 5.69. The summed E-state index contributed by atoms with van der Waals surface area (Å²) in [6.45, 7) is 2.25. The molecule has 1 aromatic carbocycles. The number of nitrogens with one attached hydrogen (secondary N) is 1. The van der Waals surface area contributed by atoms with Crippen LogP contribution in [0.25, 0.3) is 0 Å². The van der Waals surface area contributed by atoms with Crippen LogP contribution in [0.2, 0.25) is 0 Å². The predicted octanol–water partition coefficient (Wildman–Crippen LogP) is 1.89. The maximum Gasteiger partial charge on any atom is 0.161 e. The number of hydrogen-bond donors (Lipinski definition) is 2. The summed E-state index contributed by atoms with van der Waals surface area (Å²) in [6, 6.07) is 6.76. The van der Waals surface area contributed by atoms with E-state index in [1.807, 2.05) is 6.07 Å². The third-order valence-corrected chi connectivity index (χ3v) is 4.15. The van der Waals surface area contributed by atoms with Crippen LogP contribution in [0.3, 0.4) is 0 Å². The van der Waals surface area contributed by atoms with Gasteiger partial charge in [0, 0.05) is 6.04 Å². The molecule has 0 aromatic heterocycles. The zero-order chi connectivity index (χ0) is 13.8. The highest BCUT2D eigenvalue weighted by Crippen LogP contribution is 2.30. The number of fused-ring (bicyclic) bond motifs is 1. The van der Waals surface area contributed by atoms with E-state index in [9.17, 15) is 5.11 Å². The molecule has 0 spiro atoms. The van der Waals surface area contributed by atoms with Gasteiger partial charge in [0.2, 0.25) is 0 Å². The SMILES string of the molecule is OC1CCC(NCCc2ccc3c(c2)OCCO3)CC1. The molecule has 0 saturated heterocycles. The molecule has 2 N–H and O–H groups in total. The topological polar surface area (TPSA) is 50.7 Å². The Morgan fingerprint density at radius 3 is 2.60 bits per heavy atom. The van der Waals surface area contributed by atoms with E-state index in [0.29, 0.717) is 19.3 Å². The Morgan fingerprint density at radius 2 is 1.80 bits per heavy atom. The largest absolute Gasteiger partial charge is 0.486 e. The van der Waals surface area contributed by atoms with Crippen molar-refractivity contribution in [3.05, 3.63) is 23.8 Å². The molecule has 0 unspecified atom stereocenters. The summed E-state index contributed by atoms with van der Waals surface area (Å²) in [5.41, 5.74) is 1.28. The van der Waals surface area contributed by atoms with E-state index in [1.165, 1.54) is 5.56 Å². The van der Waals surface area contributed by atoms with Gasteiger partial charge in [-0.2, -0.15) is 0 Å². The highest BCUT2D eigenvalue weighted by molar-refractivity contribution is 5.43. The van der Waals surface area contributed by atoms with Crippen molar-refractivity contribution in [2.75, 3.05) is 19.8 Å². The first-order valence-corrected chi connectivity index (χ1v) is 7.61.